The summed E-state index contributed by atoms with van der Waals surface area (Å²) in [6, 6.07) is 14.4. The minimum absolute atomic E-state index is 0.243. The summed E-state index contributed by atoms with van der Waals surface area (Å²) in [7, 11) is 0. The van der Waals surface area contributed by atoms with Crippen molar-refractivity contribution in [2.45, 2.75) is 13.0 Å². The molecule has 0 amide bonds. The van der Waals surface area contributed by atoms with E-state index >= 15 is 0 Å². The lowest BCUT2D eigenvalue weighted by Gasteiger charge is -2.23. The van der Waals surface area contributed by atoms with Crippen LogP contribution in [0.4, 0.5) is 16.0 Å². The topological polar surface area (TPSA) is 53.7 Å². The number of aromatic nitrogens is 2. The largest absolute Gasteiger partial charge is 0.325 e. The number of benzene rings is 2. The van der Waals surface area contributed by atoms with Crippen LogP contribution in [0.1, 0.15) is 16.7 Å². The van der Waals surface area contributed by atoms with Gasteiger partial charge in [0.15, 0.2) is 5.49 Å². The zero-order chi connectivity index (χ0) is 15.8. The third-order valence-electron chi connectivity index (χ3n) is 4.02. The van der Waals surface area contributed by atoms with Crippen LogP contribution in [0.2, 0.25) is 0 Å². The van der Waals surface area contributed by atoms with Crippen molar-refractivity contribution in [1.82, 2.24) is 9.55 Å². The fraction of sp³-hybridized carbons (Fsp3) is 0.111. The van der Waals surface area contributed by atoms with E-state index in [1.807, 2.05) is 29.0 Å². The van der Waals surface area contributed by atoms with Gasteiger partial charge in [0, 0.05) is 23.9 Å². The second-order valence-electron chi connectivity index (χ2n) is 5.65. The van der Waals surface area contributed by atoms with Gasteiger partial charge in [-0.15, -0.1) is 0 Å². The lowest BCUT2D eigenvalue weighted by atomic mass is 10.1. The summed E-state index contributed by atoms with van der Waals surface area (Å²) in [6.45, 7) is 0.724. The van der Waals surface area contributed by atoms with Crippen molar-refractivity contribution >= 4 is 11.6 Å². The molecule has 0 aliphatic carbocycles. The van der Waals surface area contributed by atoms with Crippen LogP contribution in [0.5, 0.6) is 0 Å². The number of hydrogen-bond acceptors (Lipinski definition) is 3. The van der Waals surface area contributed by atoms with Gasteiger partial charge in [0.1, 0.15) is 5.82 Å². The van der Waals surface area contributed by atoms with Gasteiger partial charge in [0.25, 0.3) is 0 Å². The smallest absolute Gasteiger partial charge is 0.209 e. The van der Waals surface area contributed by atoms with Crippen LogP contribution in [0, 0.1) is 11.2 Å². The van der Waals surface area contributed by atoms with Crippen LogP contribution in [-0.4, -0.2) is 9.55 Å². The van der Waals surface area contributed by atoms with Gasteiger partial charge in [0.05, 0.1) is 6.54 Å². The number of nitrogens with zero attached hydrogens (tertiary/aromatic N) is 2. The molecular weight excluding hydrogens is 291 g/mol. The highest BCUT2D eigenvalue weighted by Crippen LogP contribution is 2.26. The second-order valence-corrected chi connectivity index (χ2v) is 5.65. The van der Waals surface area contributed by atoms with Gasteiger partial charge in [-0.2, -0.15) is 4.98 Å². The van der Waals surface area contributed by atoms with Crippen LogP contribution in [0.25, 0.3) is 0 Å². The molecule has 0 atom stereocenters. The molecule has 0 saturated carbocycles. The molecule has 0 spiro atoms. The Morgan fingerprint density at radius 1 is 1.13 bits per heavy atom. The van der Waals surface area contributed by atoms with E-state index in [0.29, 0.717) is 12.4 Å². The van der Waals surface area contributed by atoms with Crippen LogP contribution < -0.4 is 10.8 Å². The molecule has 2 N–H and O–H groups in total. The number of hydrogen-bond donors (Lipinski definition) is 2. The molecule has 23 heavy (non-hydrogen) atoms. The fourth-order valence-electron chi connectivity index (χ4n) is 2.81. The fourth-order valence-corrected chi connectivity index (χ4v) is 2.81. The second kappa shape index (κ2) is 5.35. The van der Waals surface area contributed by atoms with Gasteiger partial charge in [-0.3, -0.25) is 5.41 Å². The van der Waals surface area contributed by atoms with Crippen LogP contribution in [0.3, 0.4) is 0 Å². The highest BCUT2D eigenvalue weighted by atomic mass is 19.1. The predicted octanol–water partition coefficient (Wildman–Crippen LogP) is 3.20. The average Bonchev–Trinajstić information content (AvgIpc) is 2.56. The zero-order valence-corrected chi connectivity index (χ0v) is 12.4. The molecule has 114 valence electrons. The summed E-state index contributed by atoms with van der Waals surface area (Å²) in [6.07, 6.45) is 2.52. The van der Waals surface area contributed by atoms with Crippen molar-refractivity contribution in [1.29, 1.82) is 5.41 Å². The SMILES string of the molecule is N=c1nc2n(cc1Cc1ccc(F)cc1)Cc1ccccc1N2. The van der Waals surface area contributed by atoms with Crippen molar-refractivity contribution in [3.05, 3.63) is 82.7 Å². The van der Waals surface area contributed by atoms with Gasteiger partial charge in [-0.1, -0.05) is 30.3 Å². The van der Waals surface area contributed by atoms with Crippen molar-refractivity contribution in [3.8, 4) is 0 Å². The van der Waals surface area contributed by atoms with Crippen LogP contribution >= 0.6 is 0 Å². The Labute approximate surface area is 132 Å². The highest BCUT2D eigenvalue weighted by molar-refractivity contribution is 5.61. The molecule has 2 heterocycles. The Morgan fingerprint density at radius 2 is 1.91 bits per heavy atom. The Kier molecular flexibility index (Phi) is 3.19. The lowest BCUT2D eigenvalue weighted by Crippen LogP contribution is -2.24. The molecule has 0 unspecified atom stereocenters. The van der Waals surface area contributed by atoms with Gasteiger partial charge in [-0.25, -0.2) is 4.39 Å². The van der Waals surface area contributed by atoms with Gasteiger partial charge < -0.3 is 9.88 Å². The average molecular weight is 306 g/mol. The van der Waals surface area contributed by atoms with E-state index in [1.54, 1.807) is 12.1 Å². The quantitative estimate of drug-likeness (QED) is 0.597. The summed E-state index contributed by atoms with van der Waals surface area (Å²) in [5.74, 6) is 0.426. The zero-order valence-electron chi connectivity index (χ0n) is 12.4. The van der Waals surface area contributed by atoms with Crippen LogP contribution in [0.15, 0.2) is 54.7 Å². The Morgan fingerprint density at radius 3 is 2.74 bits per heavy atom. The van der Waals surface area contributed by atoms with E-state index in [-0.39, 0.29) is 11.3 Å². The van der Waals surface area contributed by atoms with Crippen molar-refractivity contribution in [2.24, 2.45) is 0 Å². The third-order valence-corrected chi connectivity index (χ3v) is 4.02. The number of nitrogens with one attached hydrogen (secondary N) is 2. The summed E-state index contributed by atoms with van der Waals surface area (Å²) in [5, 5.41) is 11.4. The molecule has 1 aliphatic rings. The monoisotopic (exact) mass is 306 g/mol. The first kappa shape index (κ1) is 13.7. The molecule has 4 rings (SSSR count). The molecular formula is C18H15FN4. The summed E-state index contributed by atoms with van der Waals surface area (Å²) in [5.41, 5.74) is 4.25. The summed E-state index contributed by atoms with van der Waals surface area (Å²) < 4.78 is 15.0. The normalized spacial score (nSPS) is 12.2. The molecule has 0 bridgehead atoms. The van der Waals surface area contributed by atoms with Gasteiger partial charge in [-0.05, 0) is 29.3 Å². The highest BCUT2D eigenvalue weighted by Gasteiger charge is 2.15. The summed E-state index contributed by atoms with van der Waals surface area (Å²) in [4.78, 5) is 4.37. The molecule has 2 aromatic carbocycles. The number of anilines is 2. The van der Waals surface area contributed by atoms with E-state index in [0.717, 1.165) is 23.4 Å². The maximum absolute atomic E-state index is 13.0. The van der Waals surface area contributed by atoms with E-state index < -0.39 is 0 Å². The molecule has 1 aromatic heterocycles. The number of para-hydroxylation sites is 1. The van der Waals surface area contributed by atoms with Crippen molar-refractivity contribution in [3.63, 3.8) is 0 Å². The molecule has 0 fully saturated rings. The van der Waals surface area contributed by atoms with E-state index in [2.05, 4.69) is 16.4 Å². The first-order valence-electron chi connectivity index (χ1n) is 7.43. The maximum atomic E-state index is 13.0. The number of halogens is 1. The molecule has 4 nitrogen and oxygen atoms in total. The summed E-state index contributed by atoms with van der Waals surface area (Å²) >= 11 is 0. The van der Waals surface area contributed by atoms with E-state index in [4.69, 9.17) is 5.41 Å². The predicted molar refractivity (Wildman–Crippen MR) is 86.1 cm³/mol. The molecule has 3 aromatic rings. The molecule has 1 aliphatic heterocycles. The Hall–Kier alpha value is -2.95. The minimum atomic E-state index is -0.251. The lowest BCUT2D eigenvalue weighted by molar-refractivity contribution is 0.627. The van der Waals surface area contributed by atoms with E-state index in [1.165, 1.54) is 17.7 Å². The number of rotatable bonds is 2. The standard InChI is InChI=1S/C18H15FN4/c19-15-7-5-12(6-8-15)9-14-11-23-10-13-3-1-2-4-16(13)21-18(23)22-17(14)20/h1-8,11H,9-10H2,(H2,20,21,22). The third kappa shape index (κ3) is 2.61. The van der Waals surface area contributed by atoms with Gasteiger partial charge >= 0.3 is 0 Å². The van der Waals surface area contributed by atoms with Gasteiger partial charge in [0.2, 0.25) is 5.95 Å². The van der Waals surface area contributed by atoms with E-state index in [9.17, 15) is 4.39 Å². The molecule has 5 heteroatoms. The Balaban J connectivity index is 1.69. The minimum Gasteiger partial charge on any atom is -0.325 e. The maximum Gasteiger partial charge on any atom is 0.209 e. The number of fused-ring (bicyclic) bond motifs is 2. The van der Waals surface area contributed by atoms with Crippen LogP contribution in [-0.2, 0) is 13.0 Å². The first-order chi connectivity index (χ1) is 11.2. The molecule has 0 radical (unpaired) electrons. The molecule has 0 saturated heterocycles. The Bertz CT molecular complexity index is 928. The van der Waals surface area contributed by atoms with Crippen molar-refractivity contribution in [2.75, 3.05) is 5.32 Å². The first-order valence-corrected chi connectivity index (χ1v) is 7.43. The van der Waals surface area contributed by atoms with Crippen molar-refractivity contribution < 1.29 is 4.39 Å².